The van der Waals surface area contributed by atoms with E-state index in [9.17, 15) is 4.79 Å². The van der Waals surface area contributed by atoms with Gasteiger partial charge in [-0.25, -0.2) is 4.98 Å². The van der Waals surface area contributed by atoms with E-state index < -0.39 is 0 Å². The first-order valence-corrected chi connectivity index (χ1v) is 9.81. The molecule has 0 bridgehead atoms. The number of carbonyl (C=O) groups is 1. The van der Waals surface area contributed by atoms with Crippen LogP contribution in [0.15, 0.2) is 42.6 Å². The monoisotopic (exact) mass is 380 g/mol. The van der Waals surface area contributed by atoms with Gasteiger partial charge in [0.25, 0.3) is 5.91 Å². The van der Waals surface area contributed by atoms with E-state index in [0.717, 1.165) is 42.0 Å². The summed E-state index contributed by atoms with van der Waals surface area (Å²) in [7, 11) is 1.67. The molecule has 0 aliphatic rings. The Morgan fingerprint density at radius 3 is 2.71 bits per heavy atom. The molecule has 6 nitrogen and oxygen atoms in total. The van der Waals surface area contributed by atoms with Gasteiger partial charge in [-0.05, 0) is 36.6 Å². The number of unbranched alkanes of at least 4 members (excludes halogenated alkanes) is 1. The van der Waals surface area contributed by atoms with Crippen molar-refractivity contribution in [3.8, 4) is 5.75 Å². The van der Waals surface area contributed by atoms with Gasteiger partial charge in [0.1, 0.15) is 17.3 Å². The Morgan fingerprint density at radius 2 is 2.07 bits per heavy atom. The van der Waals surface area contributed by atoms with E-state index in [4.69, 9.17) is 9.72 Å². The fraction of sp³-hybridized carbons (Fsp3) is 0.409. The van der Waals surface area contributed by atoms with Gasteiger partial charge in [-0.1, -0.05) is 33.3 Å². The molecule has 1 atom stereocenters. The summed E-state index contributed by atoms with van der Waals surface area (Å²) in [5.74, 6) is 1.66. The van der Waals surface area contributed by atoms with E-state index in [-0.39, 0.29) is 17.9 Å². The minimum absolute atomic E-state index is 0.173. The van der Waals surface area contributed by atoms with Crippen molar-refractivity contribution in [1.29, 1.82) is 0 Å². The van der Waals surface area contributed by atoms with Crippen LogP contribution in [0.2, 0.25) is 0 Å². The average molecular weight is 380 g/mol. The zero-order valence-corrected chi connectivity index (χ0v) is 17.0. The molecule has 0 saturated heterocycles. The lowest BCUT2D eigenvalue weighted by molar-refractivity contribution is 0.0917. The molecule has 1 amide bonds. The Kier molecular flexibility index (Phi) is 6.29. The fourth-order valence-corrected chi connectivity index (χ4v) is 3.28. The first-order chi connectivity index (χ1) is 13.5. The largest absolute Gasteiger partial charge is 0.497 e. The normalized spacial score (nSPS) is 12.3. The maximum Gasteiger partial charge on any atom is 0.270 e. The molecular formula is C22H28N4O2. The highest BCUT2D eigenvalue weighted by Gasteiger charge is 2.26. The lowest BCUT2D eigenvalue weighted by atomic mass is 10.0. The summed E-state index contributed by atoms with van der Waals surface area (Å²) in [5.41, 5.74) is 2.34. The number of aromatic nitrogens is 3. The SMILES string of the molecule is CCCCn1c(C(NC(=O)c2ccccn2)C(C)C)nc2ccc(OC)cc21. The summed E-state index contributed by atoms with van der Waals surface area (Å²) in [6, 6.07) is 11.0. The molecule has 1 aromatic carbocycles. The predicted molar refractivity (Wildman–Crippen MR) is 110 cm³/mol. The average Bonchev–Trinajstić information content (AvgIpc) is 3.07. The number of methoxy groups -OCH3 is 1. The van der Waals surface area contributed by atoms with E-state index in [1.807, 2.05) is 24.3 Å². The van der Waals surface area contributed by atoms with Crippen molar-refractivity contribution in [2.45, 2.75) is 46.2 Å². The van der Waals surface area contributed by atoms with Crippen molar-refractivity contribution in [2.75, 3.05) is 7.11 Å². The van der Waals surface area contributed by atoms with Crippen LogP contribution in [0.1, 0.15) is 56.0 Å². The summed E-state index contributed by atoms with van der Waals surface area (Å²) in [4.78, 5) is 21.8. The first kappa shape index (κ1) is 19.9. The van der Waals surface area contributed by atoms with E-state index in [1.54, 1.807) is 25.4 Å². The van der Waals surface area contributed by atoms with Crippen LogP contribution >= 0.6 is 0 Å². The summed E-state index contributed by atoms with van der Waals surface area (Å²) in [6.45, 7) is 7.20. The van der Waals surface area contributed by atoms with Gasteiger partial charge in [-0.15, -0.1) is 0 Å². The summed E-state index contributed by atoms with van der Waals surface area (Å²) >= 11 is 0. The van der Waals surface area contributed by atoms with Crippen molar-refractivity contribution in [3.05, 3.63) is 54.1 Å². The third-order valence-electron chi connectivity index (χ3n) is 4.85. The highest BCUT2D eigenvalue weighted by molar-refractivity contribution is 5.92. The van der Waals surface area contributed by atoms with Crippen LogP contribution in [0, 0.1) is 5.92 Å². The Bertz CT molecular complexity index is 934. The standard InChI is InChI=1S/C22H28N4O2/c1-5-6-13-26-19-14-16(28-4)10-11-17(19)24-21(26)20(15(2)3)25-22(27)18-9-7-8-12-23-18/h7-12,14-15,20H,5-6,13H2,1-4H3,(H,25,27). The number of ether oxygens (including phenoxy) is 1. The van der Waals surface area contributed by atoms with Gasteiger partial charge >= 0.3 is 0 Å². The minimum Gasteiger partial charge on any atom is -0.497 e. The molecule has 0 aliphatic carbocycles. The Balaban J connectivity index is 2.02. The number of hydrogen-bond donors (Lipinski definition) is 1. The van der Waals surface area contributed by atoms with Gasteiger partial charge < -0.3 is 14.6 Å². The number of nitrogens with one attached hydrogen (secondary N) is 1. The fourth-order valence-electron chi connectivity index (χ4n) is 3.28. The molecular weight excluding hydrogens is 352 g/mol. The third-order valence-corrected chi connectivity index (χ3v) is 4.85. The maximum atomic E-state index is 12.7. The van der Waals surface area contributed by atoms with Crippen molar-refractivity contribution in [3.63, 3.8) is 0 Å². The number of pyridine rings is 1. The second kappa shape index (κ2) is 8.87. The first-order valence-electron chi connectivity index (χ1n) is 9.81. The van der Waals surface area contributed by atoms with E-state index in [1.165, 1.54) is 0 Å². The molecule has 28 heavy (non-hydrogen) atoms. The number of imidazole rings is 1. The predicted octanol–water partition coefficient (Wildman–Crippen LogP) is 4.37. The molecule has 3 aromatic rings. The molecule has 0 spiro atoms. The van der Waals surface area contributed by atoms with Gasteiger partial charge in [-0.2, -0.15) is 0 Å². The van der Waals surface area contributed by atoms with Crippen LogP contribution < -0.4 is 10.1 Å². The lowest BCUT2D eigenvalue weighted by Gasteiger charge is -2.23. The molecule has 148 valence electrons. The molecule has 0 saturated carbocycles. The number of aryl methyl sites for hydroxylation is 1. The van der Waals surface area contributed by atoms with Gasteiger partial charge in [-0.3, -0.25) is 9.78 Å². The minimum atomic E-state index is -0.218. The van der Waals surface area contributed by atoms with E-state index in [0.29, 0.717) is 5.69 Å². The number of fused-ring (bicyclic) bond motifs is 1. The number of amides is 1. The van der Waals surface area contributed by atoms with Gasteiger partial charge in [0.05, 0.1) is 24.2 Å². The number of carbonyl (C=O) groups excluding carboxylic acids is 1. The molecule has 2 heterocycles. The van der Waals surface area contributed by atoms with Crippen LogP contribution in [-0.2, 0) is 6.54 Å². The number of nitrogens with zero attached hydrogens (tertiary/aromatic N) is 3. The van der Waals surface area contributed by atoms with Gasteiger partial charge in [0.15, 0.2) is 0 Å². The number of hydrogen-bond acceptors (Lipinski definition) is 4. The summed E-state index contributed by atoms with van der Waals surface area (Å²) in [6.07, 6.45) is 3.74. The van der Waals surface area contributed by atoms with Crippen LogP contribution in [0.25, 0.3) is 11.0 Å². The van der Waals surface area contributed by atoms with Gasteiger partial charge in [0, 0.05) is 18.8 Å². The van der Waals surface area contributed by atoms with Crippen molar-refractivity contribution >= 4 is 16.9 Å². The Hall–Kier alpha value is -2.89. The van der Waals surface area contributed by atoms with E-state index >= 15 is 0 Å². The van der Waals surface area contributed by atoms with Gasteiger partial charge in [0.2, 0.25) is 0 Å². The summed E-state index contributed by atoms with van der Waals surface area (Å²) < 4.78 is 7.62. The quantitative estimate of drug-likeness (QED) is 0.630. The van der Waals surface area contributed by atoms with Crippen LogP contribution in [0.3, 0.4) is 0 Å². The Morgan fingerprint density at radius 1 is 1.25 bits per heavy atom. The zero-order chi connectivity index (χ0) is 20.1. The van der Waals surface area contributed by atoms with E-state index in [2.05, 4.69) is 35.6 Å². The van der Waals surface area contributed by atoms with Crippen LogP contribution in [0.4, 0.5) is 0 Å². The third kappa shape index (κ3) is 4.16. The van der Waals surface area contributed by atoms with Crippen molar-refractivity contribution in [2.24, 2.45) is 5.92 Å². The van der Waals surface area contributed by atoms with Crippen LogP contribution in [-0.4, -0.2) is 27.6 Å². The molecule has 1 unspecified atom stereocenters. The molecule has 1 N–H and O–H groups in total. The number of rotatable bonds is 8. The second-order valence-electron chi connectivity index (χ2n) is 7.24. The molecule has 2 aromatic heterocycles. The van der Waals surface area contributed by atoms with Crippen LogP contribution in [0.5, 0.6) is 5.75 Å². The topological polar surface area (TPSA) is 69.0 Å². The molecule has 0 radical (unpaired) electrons. The molecule has 0 fully saturated rings. The maximum absolute atomic E-state index is 12.7. The highest BCUT2D eigenvalue weighted by atomic mass is 16.5. The molecule has 0 aliphatic heterocycles. The highest BCUT2D eigenvalue weighted by Crippen LogP contribution is 2.29. The zero-order valence-electron chi connectivity index (χ0n) is 17.0. The Labute approximate surface area is 166 Å². The summed E-state index contributed by atoms with van der Waals surface area (Å²) in [5, 5.41) is 3.14. The van der Waals surface area contributed by atoms with Crippen molar-refractivity contribution < 1.29 is 9.53 Å². The second-order valence-corrected chi connectivity index (χ2v) is 7.24. The molecule has 6 heteroatoms. The van der Waals surface area contributed by atoms with Crippen molar-refractivity contribution in [1.82, 2.24) is 19.9 Å². The molecule has 3 rings (SSSR count). The number of benzene rings is 1. The smallest absolute Gasteiger partial charge is 0.270 e. The lowest BCUT2D eigenvalue weighted by Crippen LogP contribution is -2.34.